The molecule has 0 aliphatic carbocycles. The lowest BCUT2D eigenvalue weighted by Gasteiger charge is -2.30. The highest BCUT2D eigenvalue weighted by atomic mass is 19.1. The topological polar surface area (TPSA) is 32.3 Å². The minimum Gasteiger partial charge on any atom is -0.341 e. The Balaban J connectivity index is 1.97. The van der Waals surface area contributed by atoms with E-state index in [9.17, 15) is 9.18 Å². The highest BCUT2D eigenvalue weighted by Gasteiger charge is 2.27. The van der Waals surface area contributed by atoms with Gasteiger partial charge in [-0.05, 0) is 24.9 Å². The summed E-state index contributed by atoms with van der Waals surface area (Å²) in [5.41, 5.74) is 0.565. The van der Waals surface area contributed by atoms with Gasteiger partial charge in [-0.25, -0.2) is 4.39 Å². The second-order valence-electron chi connectivity index (χ2n) is 5.48. The van der Waals surface area contributed by atoms with Crippen LogP contribution < -0.4 is 5.32 Å². The minimum absolute atomic E-state index is 0.0144. The molecular weight excluding hydrogens is 243 g/mol. The van der Waals surface area contributed by atoms with Crippen LogP contribution in [0.2, 0.25) is 0 Å². The van der Waals surface area contributed by atoms with Crippen LogP contribution in [0.25, 0.3) is 0 Å². The molecule has 19 heavy (non-hydrogen) atoms. The van der Waals surface area contributed by atoms with E-state index in [4.69, 9.17) is 0 Å². The zero-order valence-electron chi connectivity index (χ0n) is 11.5. The molecule has 1 saturated heterocycles. The first-order valence-electron chi connectivity index (χ1n) is 6.77. The van der Waals surface area contributed by atoms with E-state index in [2.05, 4.69) is 12.2 Å². The molecule has 1 aliphatic heterocycles. The number of amides is 1. The fourth-order valence-electron chi connectivity index (χ4n) is 2.62. The average Bonchev–Trinajstić information content (AvgIpc) is 2.40. The molecule has 2 atom stereocenters. The van der Waals surface area contributed by atoms with Gasteiger partial charge in [-0.2, -0.15) is 0 Å². The summed E-state index contributed by atoms with van der Waals surface area (Å²) < 4.78 is 13.6. The van der Waals surface area contributed by atoms with E-state index in [1.54, 1.807) is 30.1 Å². The number of carbonyl (C=O) groups excluding carboxylic acids is 1. The Morgan fingerprint density at radius 2 is 2.16 bits per heavy atom. The Kier molecular flexibility index (Phi) is 4.53. The second-order valence-corrected chi connectivity index (χ2v) is 5.48. The third-order valence-corrected chi connectivity index (χ3v) is 3.66. The molecule has 2 rings (SSSR count). The maximum atomic E-state index is 13.6. The Labute approximate surface area is 113 Å². The highest BCUT2D eigenvalue weighted by molar-refractivity contribution is 5.79. The number of carbonyl (C=O) groups is 1. The number of halogens is 1. The van der Waals surface area contributed by atoms with Crippen molar-refractivity contribution in [3.63, 3.8) is 0 Å². The molecule has 1 N–H and O–H groups in total. The predicted molar refractivity (Wildman–Crippen MR) is 73.0 cm³/mol. The van der Waals surface area contributed by atoms with Crippen molar-refractivity contribution in [3.8, 4) is 0 Å². The summed E-state index contributed by atoms with van der Waals surface area (Å²) in [5.74, 6) is 0.379. The molecule has 1 amide bonds. The van der Waals surface area contributed by atoms with E-state index in [1.165, 1.54) is 6.07 Å². The van der Waals surface area contributed by atoms with Crippen molar-refractivity contribution in [1.82, 2.24) is 10.2 Å². The van der Waals surface area contributed by atoms with Crippen LogP contribution in [0, 0.1) is 17.7 Å². The molecule has 1 fully saturated rings. The number of hydrogen-bond acceptors (Lipinski definition) is 2. The molecule has 1 aliphatic rings. The summed E-state index contributed by atoms with van der Waals surface area (Å²) in [6, 6.07) is 6.60. The van der Waals surface area contributed by atoms with E-state index < -0.39 is 0 Å². The summed E-state index contributed by atoms with van der Waals surface area (Å²) in [5, 5.41) is 3.27. The molecule has 0 bridgehead atoms. The Hall–Kier alpha value is -1.42. The van der Waals surface area contributed by atoms with Crippen molar-refractivity contribution in [3.05, 3.63) is 35.6 Å². The van der Waals surface area contributed by atoms with Gasteiger partial charge in [-0.15, -0.1) is 0 Å². The van der Waals surface area contributed by atoms with Gasteiger partial charge in [-0.1, -0.05) is 25.1 Å². The average molecular weight is 264 g/mol. The van der Waals surface area contributed by atoms with Crippen molar-refractivity contribution in [2.24, 2.45) is 11.8 Å². The zero-order chi connectivity index (χ0) is 13.8. The zero-order valence-corrected chi connectivity index (χ0v) is 11.5. The molecule has 0 spiro atoms. The van der Waals surface area contributed by atoms with Gasteiger partial charge >= 0.3 is 0 Å². The number of rotatable bonds is 3. The second kappa shape index (κ2) is 6.15. The lowest BCUT2D eigenvalue weighted by Crippen LogP contribution is -2.43. The van der Waals surface area contributed by atoms with E-state index >= 15 is 0 Å². The SMILES string of the molecule is CC1CNCC(C(=O)N(C)Cc2ccccc2F)C1. The van der Waals surface area contributed by atoms with Gasteiger partial charge < -0.3 is 10.2 Å². The number of nitrogens with one attached hydrogen (secondary N) is 1. The maximum absolute atomic E-state index is 13.6. The van der Waals surface area contributed by atoms with Crippen LogP contribution in [0.3, 0.4) is 0 Å². The van der Waals surface area contributed by atoms with Gasteiger partial charge in [0.25, 0.3) is 0 Å². The lowest BCUT2D eigenvalue weighted by molar-refractivity contribution is -0.135. The smallest absolute Gasteiger partial charge is 0.227 e. The molecule has 1 aromatic rings. The molecule has 104 valence electrons. The molecule has 0 aromatic heterocycles. The van der Waals surface area contributed by atoms with Crippen molar-refractivity contribution >= 4 is 5.91 Å². The first-order valence-corrected chi connectivity index (χ1v) is 6.77. The van der Waals surface area contributed by atoms with Gasteiger partial charge in [0.05, 0.1) is 5.92 Å². The Morgan fingerprint density at radius 3 is 2.84 bits per heavy atom. The first-order chi connectivity index (χ1) is 9.08. The predicted octanol–water partition coefficient (Wildman–Crippen LogP) is 2.03. The van der Waals surface area contributed by atoms with Crippen molar-refractivity contribution in [2.75, 3.05) is 20.1 Å². The Morgan fingerprint density at radius 1 is 1.42 bits per heavy atom. The quantitative estimate of drug-likeness (QED) is 0.906. The summed E-state index contributed by atoms with van der Waals surface area (Å²) in [6.45, 7) is 4.17. The normalized spacial score (nSPS) is 23.1. The molecular formula is C15H21FN2O. The monoisotopic (exact) mass is 264 g/mol. The van der Waals surface area contributed by atoms with Crippen LogP contribution in [0.4, 0.5) is 4.39 Å². The first kappa shape index (κ1) is 14.0. The van der Waals surface area contributed by atoms with Crippen molar-refractivity contribution in [2.45, 2.75) is 19.9 Å². The van der Waals surface area contributed by atoms with Gasteiger partial charge in [0.2, 0.25) is 5.91 Å². The maximum Gasteiger partial charge on any atom is 0.227 e. The van der Waals surface area contributed by atoms with E-state index in [-0.39, 0.29) is 17.6 Å². The molecule has 1 aromatic carbocycles. The van der Waals surface area contributed by atoms with Crippen LogP contribution in [-0.4, -0.2) is 30.9 Å². The van der Waals surface area contributed by atoms with Gasteiger partial charge in [0.1, 0.15) is 5.82 Å². The van der Waals surface area contributed by atoms with Crippen LogP contribution in [0.1, 0.15) is 18.9 Å². The number of hydrogen-bond donors (Lipinski definition) is 1. The van der Waals surface area contributed by atoms with Crippen molar-refractivity contribution in [1.29, 1.82) is 0 Å². The minimum atomic E-state index is -0.253. The third-order valence-electron chi connectivity index (χ3n) is 3.66. The fourth-order valence-corrected chi connectivity index (χ4v) is 2.62. The molecule has 1 heterocycles. The van der Waals surface area contributed by atoms with Gasteiger partial charge in [-0.3, -0.25) is 4.79 Å². The van der Waals surface area contributed by atoms with Crippen LogP contribution in [0.15, 0.2) is 24.3 Å². The van der Waals surface area contributed by atoms with Crippen LogP contribution in [0.5, 0.6) is 0 Å². The standard InChI is InChI=1S/C15H21FN2O/c1-11-7-13(9-17-8-11)15(19)18(2)10-12-5-3-4-6-14(12)16/h3-6,11,13,17H,7-10H2,1-2H3. The summed E-state index contributed by atoms with van der Waals surface area (Å²) in [6.07, 6.45) is 0.910. The fraction of sp³-hybridized carbons (Fsp3) is 0.533. The molecule has 0 radical (unpaired) electrons. The van der Waals surface area contributed by atoms with Crippen molar-refractivity contribution < 1.29 is 9.18 Å². The van der Waals surface area contributed by atoms with Gasteiger partial charge in [0.15, 0.2) is 0 Å². The molecule has 0 saturated carbocycles. The summed E-state index contributed by atoms with van der Waals surface area (Å²) in [7, 11) is 1.74. The molecule has 2 unspecified atom stereocenters. The third kappa shape index (κ3) is 3.53. The Bertz CT molecular complexity index is 450. The van der Waals surface area contributed by atoms with Crippen LogP contribution in [-0.2, 0) is 11.3 Å². The van der Waals surface area contributed by atoms with E-state index in [0.29, 0.717) is 18.0 Å². The molecule has 4 heteroatoms. The summed E-state index contributed by atoms with van der Waals surface area (Å²) in [4.78, 5) is 14.0. The van der Waals surface area contributed by atoms with Crippen LogP contribution >= 0.6 is 0 Å². The highest BCUT2D eigenvalue weighted by Crippen LogP contribution is 2.19. The van der Waals surface area contributed by atoms with E-state index in [1.807, 2.05) is 0 Å². The van der Waals surface area contributed by atoms with E-state index in [0.717, 1.165) is 19.5 Å². The molecule has 3 nitrogen and oxygen atoms in total. The number of benzene rings is 1. The summed E-state index contributed by atoms with van der Waals surface area (Å²) >= 11 is 0. The lowest BCUT2D eigenvalue weighted by atomic mass is 9.91. The largest absolute Gasteiger partial charge is 0.341 e. The number of nitrogens with zero attached hydrogens (tertiary/aromatic N) is 1. The van der Waals surface area contributed by atoms with Gasteiger partial charge in [0, 0.05) is 25.7 Å². The number of piperidine rings is 1.